The lowest BCUT2D eigenvalue weighted by atomic mass is 10.2. The summed E-state index contributed by atoms with van der Waals surface area (Å²) in [6.45, 7) is 10.1. The van der Waals surface area contributed by atoms with Gasteiger partial charge in [-0.2, -0.15) is 0 Å². The highest BCUT2D eigenvalue weighted by atomic mass is 27.0. The SMILES string of the molecule is CCNCC.[AlH3].[CH2]c1ccccc1. The average molecular weight is 194 g/mol. The van der Waals surface area contributed by atoms with E-state index in [1.165, 1.54) is 0 Å². The zero-order valence-electron chi connectivity index (χ0n) is 8.01. The molecule has 0 amide bonds. The van der Waals surface area contributed by atoms with Crippen LogP contribution in [0.15, 0.2) is 30.3 Å². The summed E-state index contributed by atoms with van der Waals surface area (Å²) in [5, 5.41) is 3.11. The predicted molar refractivity (Wildman–Crippen MR) is 65.1 cm³/mol. The van der Waals surface area contributed by atoms with Gasteiger partial charge in [0, 0.05) is 0 Å². The second kappa shape index (κ2) is 11.7. The molecule has 0 atom stereocenters. The van der Waals surface area contributed by atoms with Crippen LogP contribution >= 0.6 is 0 Å². The molecule has 73 valence electrons. The Balaban J connectivity index is 0. The quantitative estimate of drug-likeness (QED) is 0.700. The van der Waals surface area contributed by atoms with Gasteiger partial charge in [0.2, 0.25) is 0 Å². The number of rotatable bonds is 2. The van der Waals surface area contributed by atoms with Crippen LogP contribution in [0.5, 0.6) is 0 Å². The molecule has 0 spiro atoms. The van der Waals surface area contributed by atoms with Gasteiger partial charge in [0.05, 0.1) is 0 Å². The molecule has 1 aromatic carbocycles. The lowest BCUT2D eigenvalue weighted by molar-refractivity contribution is 0.762. The Bertz CT molecular complexity index is 173. The van der Waals surface area contributed by atoms with Crippen LogP contribution in [0.1, 0.15) is 19.4 Å². The first-order valence-corrected chi connectivity index (χ1v) is 4.39. The molecule has 0 fully saturated rings. The largest absolute Gasteiger partial charge is 0.317 e. The summed E-state index contributed by atoms with van der Waals surface area (Å²) < 4.78 is 0. The molecule has 1 N–H and O–H groups in total. The third-order valence-electron chi connectivity index (χ3n) is 1.34. The first-order valence-electron chi connectivity index (χ1n) is 4.39. The zero-order valence-corrected chi connectivity index (χ0v) is 8.01. The average Bonchev–Trinajstić information content (AvgIpc) is 2.08. The fraction of sp³-hybridized carbons (Fsp3) is 0.364. The molecule has 0 aliphatic rings. The number of benzene rings is 1. The molecule has 0 heterocycles. The minimum absolute atomic E-state index is 0. The van der Waals surface area contributed by atoms with Gasteiger partial charge < -0.3 is 5.32 Å². The Kier molecular flexibility index (Phi) is 13.7. The van der Waals surface area contributed by atoms with Gasteiger partial charge in [-0.25, -0.2) is 0 Å². The van der Waals surface area contributed by atoms with E-state index in [0.717, 1.165) is 18.7 Å². The molecule has 0 saturated carbocycles. The van der Waals surface area contributed by atoms with Gasteiger partial charge in [0.15, 0.2) is 17.4 Å². The molecule has 0 unspecified atom stereocenters. The molecule has 1 radical (unpaired) electrons. The number of hydrogen-bond donors (Lipinski definition) is 1. The van der Waals surface area contributed by atoms with Crippen LogP contribution < -0.4 is 5.32 Å². The minimum atomic E-state index is 0. The van der Waals surface area contributed by atoms with Crippen LogP contribution in [0.4, 0.5) is 0 Å². The highest BCUT2D eigenvalue weighted by Gasteiger charge is 1.72. The normalized spacial score (nSPS) is 7.92. The van der Waals surface area contributed by atoms with Gasteiger partial charge in [0.1, 0.15) is 0 Å². The summed E-state index contributed by atoms with van der Waals surface area (Å²) >= 11 is 0. The third-order valence-corrected chi connectivity index (χ3v) is 1.34. The Hall–Kier alpha value is -0.288. The van der Waals surface area contributed by atoms with E-state index in [-0.39, 0.29) is 17.4 Å². The Labute approximate surface area is 92.7 Å². The minimum Gasteiger partial charge on any atom is -0.317 e. The first-order chi connectivity index (χ1) is 5.81. The van der Waals surface area contributed by atoms with Crippen LogP contribution in [-0.2, 0) is 0 Å². The highest BCUT2D eigenvalue weighted by molar-refractivity contribution is 5.75. The fourth-order valence-electron chi connectivity index (χ4n) is 0.728. The van der Waals surface area contributed by atoms with Crippen molar-refractivity contribution < 1.29 is 0 Å². The second-order valence-corrected chi connectivity index (χ2v) is 2.44. The molecule has 1 aromatic rings. The van der Waals surface area contributed by atoms with E-state index >= 15 is 0 Å². The van der Waals surface area contributed by atoms with Gasteiger partial charge in [0.25, 0.3) is 0 Å². The number of nitrogens with one attached hydrogen (secondary N) is 1. The Morgan fingerprint density at radius 3 is 1.69 bits per heavy atom. The smallest absolute Gasteiger partial charge is 0.187 e. The van der Waals surface area contributed by atoms with Crippen molar-refractivity contribution in [3.63, 3.8) is 0 Å². The molecule has 1 nitrogen and oxygen atoms in total. The molecule has 0 saturated heterocycles. The summed E-state index contributed by atoms with van der Waals surface area (Å²) in [5.41, 5.74) is 1.07. The van der Waals surface area contributed by atoms with Gasteiger partial charge in [-0.05, 0) is 25.6 Å². The summed E-state index contributed by atoms with van der Waals surface area (Å²) in [4.78, 5) is 0. The van der Waals surface area contributed by atoms with Crippen molar-refractivity contribution in [3.05, 3.63) is 42.8 Å². The van der Waals surface area contributed by atoms with E-state index in [2.05, 4.69) is 26.1 Å². The molecule has 0 aromatic heterocycles. The molecular formula is C11H21AlN. The van der Waals surface area contributed by atoms with Crippen LogP contribution in [0, 0.1) is 6.92 Å². The summed E-state index contributed by atoms with van der Waals surface area (Å²) in [6.07, 6.45) is 0. The molecular weight excluding hydrogens is 173 g/mol. The van der Waals surface area contributed by atoms with Gasteiger partial charge >= 0.3 is 0 Å². The maximum atomic E-state index is 3.72. The van der Waals surface area contributed by atoms with E-state index in [1.54, 1.807) is 0 Å². The van der Waals surface area contributed by atoms with E-state index in [9.17, 15) is 0 Å². The van der Waals surface area contributed by atoms with Gasteiger partial charge in [-0.3, -0.25) is 0 Å². The van der Waals surface area contributed by atoms with Gasteiger partial charge in [-0.15, -0.1) is 0 Å². The predicted octanol–water partition coefficient (Wildman–Crippen LogP) is 1.30. The molecule has 0 aliphatic heterocycles. The van der Waals surface area contributed by atoms with E-state index < -0.39 is 0 Å². The van der Waals surface area contributed by atoms with Crippen molar-refractivity contribution in [3.8, 4) is 0 Å². The van der Waals surface area contributed by atoms with Crippen LogP contribution in [-0.4, -0.2) is 30.5 Å². The summed E-state index contributed by atoms with van der Waals surface area (Å²) in [5.74, 6) is 0. The van der Waals surface area contributed by atoms with E-state index in [0.29, 0.717) is 0 Å². The van der Waals surface area contributed by atoms with Crippen molar-refractivity contribution in [2.75, 3.05) is 13.1 Å². The lowest BCUT2D eigenvalue weighted by Crippen LogP contribution is -2.09. The second-order valence-electron chi connectivity index (χ2n) is 2.44. The summed E-state index contributed by atoms with van der Waals surface area (Å²) in [7, 11) is 0. The van der Waals surface area contributed by atoms with Crippen molar-refractivity contribution in [1.29, 1.82) is 0 Å². The van der Waals surface area contributed by atoms with Crippen molar-refractivity contribution >= 4 is 17.4 Å². The summed E-state index contributed by atoms with van der Waals surface area (Å²) in [6, 6.07) is 9.87. The lowest BCUT2D eigenvalue weighted by Gasteiger charge is -1.86. The first kappa shape index (κ1) is 15.2. The highest BCUT2D eigenvalue weighted by Crippen LogP contribution is 1.92. The molecule has 0 aliphatic carbocycles. The van der Waals surface area contributed by atoms with Crippen molar-refractivity contribution in [2.24, 2.45) is 0 Å². The van der Waals surface area contributed by atoms with E-state index in [1.807, 2.05) is 30.3 Å². The fourth-order valence-corrected chi connectivity index (χ4v) is 0.728. The zero-order chi connectivity index (χ0) is 9.23. The Morgan fingerprint density at radius 2 is 1.54 bits per heavy atom. The topological polar surface area (TPSA) is 12.0 Å². The third kappa shape index (κ3) is 11.7. The van der Waals surface area contributed by atoms with Gasteiger partial charge in [-0.1, -0.05) is 44.2 Å². The van der Waals surface area contributed by atoms with Crippen LogP contribution in [0.2, 0.25) is 0 Å². The molecule has 13 heavy (non-hydrogen) atoms. The Morgan fingerprint density at radius 1 is 1.08 bits per heavy atom. The standard InChI is InChI=1S/C7H7.C4H11N.Al.3H/c1-7-5-3-2-4-6-7;1-3-5-4-2;;;;/h2-6H,1H2;5H,3-4H2,1-2H3;;;;. The molecule has 0 bridgehead atoms. The monoisotopic (exact) mass is 194 g/mol. The van der Waals surface area contributed by atoms with Crippen molar-refractivity contribution in [1.82, 2.24) is 5.32 Å². The van der Waals surface area contributed by atoms with E-state index in [4.69, 9.17) is 0 Å². The number of hydrogen-bond acceptors (Lipinski definition) is 1. The van der Waals surface area contributed by atoms with Crippen molar-refractivity contribution in [2.45, 2.75) is 13.8 Å². The van der Waals surface area contributed by atoms with Crippen LogP contribution in [0.25, 0.3) is 0 Å². The maximum Gasteiger partial charge on any atom is 0.187 e. The molecule has 1 rings (SSSR count). The maximum absolute atomic E-state index is 3.72. The molecule has 2 heteroatoms. The van der Waals surface area contributed by atoms with Crippen LogP contribution in [0.3, 0.4) is 0 Å².